The van der Waals surface area contributed by atoms with Crippen LogP contribution in [0.4, 0.5) is 10.5 Å². The maximum atomic E-state index is 12.1. The van der Waals surface area contributed by atoms with Crippen LogP contribution in [0.1, 0.15) is 36.8 Å². The number of methoxy groups -OCH3 is 1. The highest BCUT2D eigenvalue weighted by Gasteiger charge is 2.41. The molecule has 1 aromatic carbocycles. The largest absolute Gasteiger partial charge is 0.447 e. The zero-order valence-electron chi connectivity index (χ0n) is 17.9. The van der Waals surface area contributed by atoms with Crippen molar-refractivity contribution in [3.05, 3.63) is 29.3 Å². The number of carbonyl (C=O) groups is 1. The van der Waals surface area contributed by atoms with E-state index in [0.29, 0.717) is 24.5 Å². The van der Waals surface area contributed by atoms with E-state index in [0.717, 1.165) is 39.0 Å². The van der Waals surface area contributed by atoms with Gasteiger partial charge in [0.25, 0.3) is 0 Å². The summed E-state index contributed by atoms with van der Waals surface area (Å²) in [5, 5.41) is 3.64. The van der Waals surface area contributed by atoms with Gasteiger partial charge in [-0.25, -0.2) is 4.79 Å². The normalized spacial score (nSPS) is 21.8. The fraction of sp³-hybridized carbons (Fsp3) is 0.696. The van der Waals surface area contributed by atoms with E-state index in [9.17, 15) is 4.79 Å². The highest BCUT2D eigenvalue weighted by Crippen LogP contribution is 2.44. The third-order valence-corrected chi connectivity index (χ3v) is 7.08. The van der Waals surface area contributed by atoms with Crippen molar-refractivity contribution in [2.75, 3.05) is 64.9 Å². The van der Waals surface area contributed by atoms with Gasteiger partial charge in [-0.1, -0.05) is 17.7 Å². The summed E-state index contributed by atoms with van der Waals surface area (Å²) in [4.78, 5) is 16.6. The number of benzene rings is 1. The third kappa shape index (κ3) is 4.53. The van der Waals surface area contributed by atoms with Crippen LogP contribution in [-0.4, -0.2) is 75.5 Å². The van der Waals surface area contributed by atoms with Gasteiger partial charge >= 0.3 is 6.09 Å². The molecule has 6 heteroatoms. The molecule has 1 spiro atoms. The standard InChI is InChI=1S/C23H35N3O3/c1-18-3-4-21-20(15-18)23(17-24-21)7-11-25(12-8-23)16-19-5-9-26(10-6-19)22(27)29-14-13-28-2/h3-4,15,19,24H,5-14,16-17H2,1-2H3. The van der Waals surface area contributed by atoms with Gasteiger partial charge in [0.1, 0.15) is 6.61 Å². The lowest BCUT2D eigenvalue weighted by molar-refractivity contribution is 0.0578. The summed E-state index contributed by atoms with van der Waals surface area (Å²) in [6, 6.07) is 6.85. The van der Waals surface area contributed by atoms with E-state index in [1.807, 2.05) is 4.90 Å². The number of piperidine rings is 2. The molecule has 0 aromatic heterocycles. The van der Waals surface area contributed by atoms with E-state index in [-0.39, 0.29) is 6.09 Å². The number of amides is 1. The molecule has 160 valence electrons. The van der Waals surface area contributed by atoms with Gasteiger partial charge in [-0.05, 0) is 63.2 Å². The van der Waals surface area contributed by atoms with Crippen molar-refractivity contribution in [1.29, 1.82) is 0 Å². The molecule has 1 amide bonds. The monoisotopic (exact) mass is 401 g/mol. The second-order valence-corrected chi connectivity index (χ2v) is 9.02. The van der Waals surface area contributed by atoms with Crippen LogP contribution < -0.4 is 5.32 Å². The van der Waals surface area contributed by atoms with Crippen molar-refractivity contribution in [3.8, 4) is 0 Å². The summed E-state index contributed by atoms with van der Waals surface area (Å²) in [7, 11) is 1.62. The number of hydrogen-bond acceptors (Lipinski definition) is 5. The summed E-state index contributed by atoms with van der Waals surface area (Å²) in [6.07, 6.45) is 4.43. The van der Waals surface area contributed by atoms with Gasteiger partial charge in [-0.15, -0.1) is 0 Å². The number of carbonyl (C=O) groups excluding carboxylic acids is 1. The number of ether oxygens (including phenoxy) is 2. The highest BCUT2D eigenvalue weighted by atomic mass is 16.6. The molecule has 3 aliphatic heterocycles. The van der Waals surface area contributed by atoms with Crippen molar-refractivity contribution >= 4 is 11.8 Å². The highest BCUT2D eigenvalue weighted by molar-refractivity contribution is 5.67. The third-order valence-electron chi connectivity index (χ3n) is 7.08. The maximum Gasteiger partial charge on any atom is 0.409 e. The molecule has 4 rings (SSSR count). The second-order valence-electron chi connectivity index (χ2n) is 9.02. The minimum atomic E-state index is -0.192. The van der Waals surface area contributed by atoms with Crippen LogP contribution in [-0.2, 0) is 14.9 Å². The number of likely N-dealkylation sites (tertiary alicyclic amines) is 2. The van der Waals surface area contributed by atoms with Gasteiger partial charge in [0, 0.05) is 44.4 Å². The van der Waals surface area contributed by atoms with Gasteiger partial charge < -0.3 is 24.6 Å². The Morgan fingerprint density at radius 1 is 1.17 bits per heavy atom. The summed E-state index contributed by atoms with van der Waals surface area (Å²) < 4.78 is 10.2. The van der Waals surface area contributed by atoms with Crippen LogP contribution >= 0.6 is 0 Å². The first-order chi connectivity index (χ1) is 14.1. The van der Waals surface area contributed by atoms with Crippen LogP contribution in [0, 0.1) is 12.8 Å². The number of hydrogen-bond donors (Lipinski definition) is 1. The van der Waals surface area contributed by atoms with Gasteiger partial charge in [-0.3, -0.25) is 0 Å². The first-order valence-corrected chi connectivity index (χ1v) is 11.1. The Labute approximate surface area is 174 Å². The second kappa shape index (κ2) is 8.92. The van der Waals surface area contributed by atoms with Gasteiger partial charge in [0.15, 0.2) is 0 Å². The summed E-state index contributed by atoms with van der Waals surface area (Å²) >= 11 is 0. The number of aryl methyl sites for hydroxylation is 1. The molecule has 0 bridgehead atoms. The van der Waals surface area contributed by atoms with E-state index in [2.05, 4.69) is 35.3 Å². The first-order valence-electron chi connectivity index (χ1n) is 11.1. The van der Waals surface area contributed by atoms with Gasteiger partial charge in [-0.2, -0.15) is 0 Å². The SMILES string of the molecule is COCCOC(=O)N1CCC(CN2CCC3(CC2)CNc2ccc(C)cc23)CC1. The van der Waals surface area contributed by atoms with E-state index < -0.39 is 0 Å². The molecule has 2 saturated heterocycles. The van der Waals surface area contributed by atoms with Crippen LogP contribution in [0.15, 0.2) is 18.2 Å². The maximum absolute atomic E-state index is 12.1. The molecule has 0 atom stereocenters. The zero-order chi connectivity index (χ0) is 20.3. The Morgan fingerprint density at radius 2 is 1.93 bits per heavy atom. The van der Waals surface area contributed by atoms with Crippen molar-refractivity contribution in [2.45, 2.75) is 38.0 Å². The van der Waals surface area contributed by atoms with Crippen LogP contribution in [0.5, 0.6) is 0 Å². The van der Waals surface area contributed by atoms with Gasteiger partial charge in [0.05, 0.1) is 6.61 Å². The molecule has 0 saturated carbocycles. The molecule has 0 radical (unpaired) electrons. The quantitative estimate of drug-likeness (QED) is 0.768. The summed E-state index contributed by atoms with van der Waals surface area (Å²) in [5.41, 5.74) is 4.57. The smallest absolute Gasteiger partial charge is 0.409 e. The Hall–Kier alpha value is -1.79. The van der Waals surface area contributed by atoms with Crippen molar-refractivity contribution < 1.29 is 14.3 Å². The average molecular weight is 402 g/mol. The molecule has 1 N–H and O–H groups in total. The molecule has 0 aliphatic carbocycles. The Kier molecular flexibility index (Phi) is 6.30. The fourth-order valence-electron chi connectivity index (χ4n) is 5.19. The zero-order valence-corrected chi connectivity index (χ0v) is 17.9. The minimum Gasteiger partial charge on any atom is -0.447 e. The predicted molar refractivity (Wildman–Crippen MR) is 115 cm³/mol. The van der Waals surface area contributed by atoms with Crippen LogP contribution in [0.3, 0.4) is 0 Å². The van der Waals surface area contributed by atoms with E-state index >= 15 is 0 Å². The molecular formula is C23H35N3O3. The molecule has 29 heavy (non-hydrogen) atoms. The lowest BCUT2D eigenvalue weighted by atomic mass is 9.74. The molecule has 3 heterocycles. The van der Waals surface area contributed by atoms with Gasteiger partial charge in [0.2, 0.25) is 0 Å². The molecule has 3 aliphatic rings. The first kappa shape index (κ1) is 20.5. The Morgan fingerprint density at radius 3 is 2.66 bits per heavy atom. The lowest BCUT2D eigenvalue weighted by Gasteiger charge is -2.41. The van der Waals surface area contributed by atoms with Crippen molar-refractivity contribution in [3.63, 3.8) is 0 Å². The summed E-state index contributed by atoms with van der Waals surface area (Å²) in [5.74, 6) is 0.684. The number of anilines is 1. The molecule has 2 fully saturated rings. The van der Waals surface area contributed by atoms with Crippen molar-refractivity contribution in [1.82, 2.24) is 9.80 Å². The number of fused-ring (bicyclic) bond motifs is 2. The minimum absolute atomic E-state index is 0.192. The fourth-order valence-corrected chi connectivity index (χ4v) is 5.19. The molecular weight excluding hydrogens is 366 g/mol. The number of rotatable bonds is 5. The van der Waals surface area contributed by atoms with E-state index in [1.165, 1.54) is 42.7 Å². The lowest BCUT2D eigenvalue weighted by Crippen LogP contribution is -2.47. The number of nitrogens with one attached hydrogen (secondary N) is 1. The van der Waals surface area contributed by atoms with E-state index in [4.69, 9.17) is 9.47 Å². The molecule has 0 unspecified atom stereocenters. The average Bonchev–Trinajstić information content (AvgIpc) is 3.08. The number of nitrogens with zero attached hydrogens (tertiary/aromatic N) is 2. The van der Waals surface area contributed by atoms with E-state index in [1.54, 1.807) is 7.11 Å². The predicted octanol–water partition coefficient (Wildman–Crippen LogP) is 3.25. The van der Waals surface area contributed by atoms with Crippen LogP contribution in [0.2, 0.25) is 0 Å². The summed E-state index contributed by atoms with van der Waals surface area (Å²) in [6.45, 7) is 9.21. The molecule has 6 nitrogen and oxygen atoms in total. The van der Waals surface area contributed by atoms with Crippen molar-refractivity contribution in [2.24, 2.45) is 5.92 Å². The van der Waals surface area contributed by atoms with Crippen LogP contribution in [0.25, 0.3) is 0 Å². The topological polar surface area (TPSA) is 54.0 Å². The molecule has 1 aromatic rings. The Bertz CT molecular complexity index is 707. The Balaban J connectivity index is 1.23.